The number of ether oxygens (including phenoxy) is 2. The average molecular weight is 316 g/mol. The van der Waals surface area contributed by atoms with E-state index in [-0.39, 0.29) is 11.8 Å². The van der Waals surface area contributed by atoms with E-state index < -0.39 is 0 Å². The number of carbonyl (C=O) groups excluding carboxylic acids is 1. The van der Waals surface area contributed by atoms with Crippen molar-refractivity contribution in [3.63, 3.8) is 0 Å². The van der Waals surface area contributed by atoms with E-state index in [1.54, 1.807) is 0 Å². The summed E-state index contributed by atoms with van der Waals surface area (Å²) < 4.78 is 11.1. The van der Waals surface area contributed by atoms with Crippen LogP contribution in [0.15, 0.2) is 23.6 Å². The van der Waals surface area contributed by atoms with Crippen molar-refractivity contribution < 1.29 is 14.3 Å². The van der Waals surface area contributed by atoms with E-state index in [1.807, 2.05) is 23.6 Å². The number of rotatable bonds is 3. The van der Waals surface area contributed by atoms with Crippen molar-refractivity contribution in [2.24, 2.45) is 11.8 Å². The fourth-order valence-corrected chi connectivity index (χ4v) is 3.27. The molecule has 0 radical (unpaired) electrons. The molecule has 2 atom stereocenters. The summed E-state index contributed by atoms with van der Waals surface area (Å²) in [5, 5.41) is 5.49. The molecule has 5 nitrogen and oxygen atoms in total. The van der Waals surface area contributed by atoms with Gasteiger partial charge in [0.1, 0.15) is 13.2 Å². The van der Waals surface area contributed by atoms with Crippen molar-refractivity contribution >= 4 is 22.4 Å². The fraction of sp³-hybridized carbons (Fsp3) is 0.375. The van der Waals surface area contributed by atoms with Gasteiger partial charge in [-0.2, -0.15) is 0 Å². The number of thiazole rings is 1. The van der Waals surface area contributed by atoms with Crippen LogP contribution >= 0.6 is 11.3 Å². The molecule has 0 saturated heterocycles. The molecule has 1 fully saturated rings. The number of hydrogen-bond acceptors (Lipinski definition) is 5. The quantitative estimate of drug-likeness (QED) is 0.945. The molecule has 22 heavy (non-hydrogen) atoms. The highest BCUT2D eigenvalue weighted by molar-refractivity contribution is 7.14. The molecular weight excluding hydrogens is 300 g/mol. The van der Waals surface area contributed by atoms with Gasteiger partial charge in [0, 0.05) is 16.9 Å². The molecule has 1 saturated carbocycles. The van der Waals surface area contributed by atoms with Crippen molar-refractivity contribution in [2.75, 3.05) is 18.5 Å². The summed E-state index contributed by atoms with van der Waals surface area (Å²) in [6, 6.07) is 5.78. The zero-order valence-electron chi connectivity index (χ0n) is 12.2. The van der Waals surface area contributed by atoms with Crippen LogP contribution in [0.2, 0.25) is 0 Å². The maximum atomic E-state index is 11.9. The number of aromatic nitrogens is 1. The molecule has 6 heteroatoms. The molecule has 1 aromatic carbocycles. The Balaban J connectivity index is 1.52. The van der Waals surface area contributed by atoms with Crippen LogP contribution in [0.3, 0.4) is 0 Å². The van der Waals surface area contributed by atoms with Crippen LogP contribution in [-0.4, -0.2) is 24.1 Å². The molecule has 0 spiro atoms. The summed E-state index contributed by atoms with van der Waals surface area (Å²) >= 11 is 1.44. The minimum Gasteiger partial charge on any atom is -0.486 e. The van der Waals surface area contributed by atoms with E-state index in [9.17, 15) is 4.79 Å². The second kappa shape index (κ2) is 5.28. The second-order valence-corrected chi connectivity index (χ2v) is 6.56. The van der Waals surface area contributed by atoms with Crippen molar-refractivity contribution in [3.8, 4) is 22.8 Å². The Morgan fingerprint density at radius 2 is 2.09 bits per heavy atom. The summed E-state index contributed by atoms with van der Waals surface area (Å²) in [6.45, 7) is 3.24. The first-order valence-corrected chi connectivity index (χ1v) is 8.25. The summed E-state index contributed by atoms with van der Waals surface area (Å²) in [6.07, 6.45) is 0.978. The highest BCUT2D eigenvalue weighted by Crippen LogP contribution is 2.39. The van der Waals surface area contributed by atoms with Crippen LogP contribution in [0, 0.1) is 11.8 Å². The first-order chi connectivity index (χ1) is 10.7. The topological polar surface area (TPSA) is 60.5 Å². The lowest BCUT2D eigenvalue weighted by Gasteiger charge is -2.18. The molecule has 4 rings (SSSR count). The van der Waals surface area contributed by atoms with E-state index in [1.165, 1.54) is 11.3 Å². The summed E-state index contributed by atoms with van der Waals surface area (Å²) in [5.74, 6) is 2.24. The molecule has 114 valence electrons. The Morgan fingerprint density at radius 1 is 1.32 bits per heavy atom. The SMILES string of the molecule is C[C@H]1C[C@@H]1C(=O)Nc1nc(-c2ccc3c(c2)OCCO3)cs1. The third-order valence-electron chi connectivity index (χ3n) is 4.02. The number of amides is 1. The Bertz CT molecular complexity index is 728. The lowest BCUT2D eigenvalue weighted by Crippen LogP contribution is -2.15. The van der Waals surface area contributed by atoms with Crippen LogP contribution in [0.4, 0.5) is 5.13 Å². The van der Waals surface area contributed by atoms with E-state index in [0.29, 0.717) is 24.3 Å². The number of benzene rings is 1. The smallest absolute Gasteiger partial charge is 0.229 e. The third-order valence-corrected chi connectivity index (χ3v) is 4.78. The molecule has 2 aromatic rings. The molecule has 2 aliphatic rings. The van der Waals surface area contributed by atoms with Crippen LogP contribution in [0.25, 0.3) is 11.3 Å². The predicted octanol–water partition coefficient (Wildman–Crippen LogP) is 3.18. The molecule has 1 aliphatic heterocycles. The monoisotopic (exact) mass is 316 g/mol. The Hall–Kier alpha value is -2.08. The maximum Gasteiger partial charge on any atom is 0.229 e. The molecule has 0 bridgehead atoms. The first-order valence-electron chi connectivity index (χ1n) is 7.37. The number of nitrogens with one attached hydrogen (secondary N) is 1. The van der Waals surface area contributed by atoms with E-state index >= 15 is 0 Å². The van der Waals surface area contributed by atoms with E-state index in [4.69, 9.17) is 9.47 Å². The third kappa shape index (κ3) is 2.54. The van der Waals surface area contributed by atoms with Gasteiger partial charge in [-0.05, 0) is 30.5 Å². The van der Waals surface area contributed by atoms with Crippen molar-refractivity contribution in [2.45, 2.75) is 13.3 Å². The first kappa shape index (κ1) is 13.6. The standard InChI is InChI=1S/C16H16N2O3S/c1-9-6-11(9)15(19)18-16-17-12(8-22-16)10-2-3-13-14(7-10)21-5-4-20-13/h2-3,7-9,11H,4-6H2,1H3,(H,17,18,19)/t9-,11-/m0/s1. The zero-order chi connectivity index (χ0) is 15.1. The highest BCUT2D eigenvalue weighted by Gasteiger charge is 2.39. The molecule has 1 aliphatic carbocycles. The normalized spacial score (nSPS) is 22.2. The minimum atomic E-state index is 0.0792. The van der Waals surface area contributed by atoms with Crippen LogP contribution < -0.4 is 14.8 Å². The van der Waals surface area contributed by atoms with Gasteiger partial charge in [0.25, 0.3) is 0 Å². The van der Waals surface area contributed by atoms with Gasteiger partial charge < -0.3 is 14.8 Å². The van der Waals surface area contributed by atoms with Crippen LogP contribution in [0.1, 0.15) is 13.3 Å². The molecule has 1 aromatic heterocycles. The Labute approximate surface area is 132 Å². The summed E-state index contributed by atoms with van der Waals surface area (Å²) in [4.78, 5) is 16.4. The molecule has 2 heterocycles. The van der Waals surface area contributed by atoms with E-state index in [0.717, 1.165) is 29.2 Å². The maximum absolute atomic E-state index is 11.9. The van der Waals surface area contributed by atoms with Gasteiger partial charge in [0.15, 0.2) is 16.6 Å². The van der Waals surface area contributed by atoms with E-state index in [2.05, 4.69) is 17.2 Å². The van der Waals surface area contributed by atoms with Crippen molar-refractivity contribution in [3.05, 3.63) is 23.6 Å². The number of carbonyl (C=O) groups is 1. The highest BCUT2D eigenvalue weighted by atomic mass is 32.1. The summed E-state index contributed by atoms with van der Waals surface area (Å²) in [5.41, 5.74) is 1.79. The average Bonchev–Trinajstić information content (AvgIpc) is 3.09. The predicted molar refractivity (Wildman–Crippen MR) is 84.4 cm³/mol. The van der Waals surface area contributed by atoms with Gasteiger partial charge >= 0.3 is 0 Å². The molecule has 1 amide bonds. The molecule has 0 unspecified atom stereocenters. The van der Waals surface area contributed by atoms with Crippen LogP contribution in [-0.2, 0) is 4.79 Å². The molecule has 1 N–H and O–H groups in total. The Morgan fingerprint density at radius 3 is 2.86 bits per heavy atom. The van der Waals surface area contributed by atoms with Crippen molar-refractivity contribution in [1.82, 2.24) is 4.98 Å². The van der Waals surface area contributed by atoms with Crippen LogP contribution in [0.5, 0.6) is 11.5 Å². The summed E-state index contributed by atoms with van der Waals surface area (Å²) in [7, 11) is 0. The molecular formula is C16H16N2O3S. The number of nitrogens with zero attached hydrogens (tertiary/aromatic N) is 1. The van der Waals surface area contributed by atoms with Gasteiger partial charge in [-0.1, -0.05) is 6.92 Å². The fourth-order valence-electron chi connectivity index (χ4n) is 2.55. The van der Waals surface area contributed by atoms with Crippen molar-refractivity contribution in [1.29, 1.82) is 0 Å². The van der Waals surface area contributed by atoms with Gasteiger partial charge in [-0.25, -0.2) is 4.98 Å². The lowest BCUT2D eigenvalue weighted by molar-refractivity contribution is -0.117. The largest absolute Gasteiger partial charge is 0.486 e. The zero-order valence-corrected chi connectivity index (χ0v) is 13.0. The van der Waals surface area contributed by atoms with Gasteiger partial charge in [0.2, 0.25) is 5.91 Å². The van der Waals surface area contributed by atoms with Gasteiger partial charge in [-0.15, -0.1) is 11.3 Å². The number of fused-ring (bicyclic) bond motifs is 1. The number of hydrogen-bond donors (Lipinski definition) is 1. The van der Waals surface area contributed by atoms with Gasteiger partial charge in [0.05, 0.1) is 5.69 Å². The minimum absolute atomic E-state index is 0.0792. The lowest BCUT2D eigenvalue weighted by atomic mass is 10.1. The second-order valence-electron chi connectivity index (χ2n) is 5.71. The van der Waals surface area contributed by atoms with Gasteiger partial charge in [-0.3, -0.25) is 4.79 Å². The Kier molecular flexibility index (Phi) is 3.26. The number of anilines is 1.